The molecule has 2 saturated heterocycles. The minimum atomic E-state index is -0.560. The van der Waals surface area contributed by atoms with Crippen molar-refractivity contribution in [3.05, 3.63) is 83.3 Å². The maximum Gasteiger partial charge on any atom is 0.410 e. The molecule has 0 radical (unpaired) electrons. The second-order valence-corrected chi connectivity index (χ2v) is 13.7. The van der Waals surface area contributed by atoms with E-state index in [1.807, 2.05) is 45.0 Å². The lowest BCUT2D eigenvalue weighted by molar-refractivity contribution is -0.603. The number of benzene rings is 2. The number of hydroxylamine groups is 1. The molecule has 2 fully saturated rings. The summed E-state index contributed by atoms with van der Waals surface area (Å²) >= 11 is 0. The molecule has 4 heterocycles. The van der Waals surface area contributed by atoms with Crippen molar-refractivity contribution in [2.24, 2.45) is 0 Å². The fourth-order valence-corrected chi connectivity index (χ4v) is 6.22. The smallest absolute Gasteiger partial charge is 0.410 e. The summed E-state index contributed by atoms with van der Waals surface area (Å²) < 4.78 is 17.5. The highest BCUT2D eigenvalue weighted by molar-refractivity contribution is 6.09. The molecule has 4 aromatic rings. The van der Waals surface area contributed by atoms with Gasteiger partial charge in [0.2, 0.25) is 0 Å². The fourth-order valence-electron chi connectivity index (χ4n) is 6.22. The third-order valence-electron chi connectivity index (χ3n) is 8.89. The summed E-state index contributed by atoms with van der Waals surface area (Å²) in [5.41, 5.74) is 7.21. The zero-order chi connectivity index (χ0) is 35.3. The van der Waals surface area contributed by atoms with E-state index < -0.39 is 17.8 Å². The number of carbonyl (C=O) groups excluding carboxylic acids is 2. The van der Waals surface area contributed by atoms with Crippen LogP contribution in [0.25, 0.3) is 33.3 Å². The van der Waals surface area contributed by atoms with Crippen LogP contribution in [0.4, 0.5) is 4.79 Å². The molecule has 50 heavy (non-hydrogen) atoms. The van der Waals surface area contributed by atoms with Gasteiger partial charge in [0.05, 0.1) is 18.0 Å². The number of rotatable bonds is 9. The summed E-state index contributed by atoms with van der Waals surface area (Å²) in [6, 6.07) is 18.0. The van der Waals surface area contributed by atoms with E-state index in [0.29, 0.717) is 47.4 Å². The normalized spacial score (nSPS) is 17.0. The molecule has 1 unspecified atom stereocenters. The Balaban J connectivity index is 1.13. The van der Waals surface area contributed by atoms with Crippen molar-refractivity contribution in [3.63, 3.8) is 0 Å². The van der Waals surface area contributed by atoms with Crippen molar-refractivity contribution in [1.82, 2.24) is 20.3 Å². The molecule has 2 aliphatic rings. The lowest BCUT2D eigenvalue weighted by Gasteiger charge is -2.35. The van der Waals surface area contributed by atoms with Gasteiger partial charge in [0.1, 0.15) is 16.9 Å². The first-order valence-corrected chi connectivity index (χ1v) is 17.2. The number of fused-ring (bicyclic) bond motifs is 1. The molecule has 2 amide bonds. The van der Waals surface area contributed by atoms with Crippen LogP contribution in [0.15, 0.2) is 67.0 Å². The molecule has 2 aliphatic heterocycles. The lowest BCUT2D eigenvalue weighted by Crippen LogP contribution is -2.50. The van der Waals surface area contributed by atoms with Crippen molar-refractivity contribution in [1.29, 1.82) is 0 Å². The molecule has 12 heteroatoms. The van der Waals surface area contributed by atoms with E-state index in [1.54, 1.807) is 11.0 Å². The molecular formula is C38H45N5O7. The second-order valence-electron chi connectivity index (χ2n) is 13.7. The summed E-state index contributed by atoms with van der Waals surface area (Å²) in [4.78, 5) is 40.4. The van der Waals surface area contributed by atoms with Gasteiger partial charge in [-0.25, -0.2) is 20.1 Å². The van der Waals surface area contributed by atoms with Gasteiger partial charge < -0.3 is 24.3 Å². The number of nitrogens with one attached hydrogen (secondary N) is 1. The fraction of sp³-hybridized carbons (Fsp3) is 0.421. The molecule has 0 bridgehead atoms. The molecule has 0 spiro atoms. The van der Waals surface area contributed by atoms with Gasteiger partial charge in [-0.15, -0.1) is 0 Å². The summed E-state index contributed by atoms with van der Waals surface area (Å²) in [6.07, 6.45) is 5.36. The summed E-state index contributed by atoms with van der Waals surface area (Å²) in [6.45, 7) is 10.2. The average molecular weight is 684 g/mol. The number of hydrogen-bond donors (Lipinski definition) is 1. The number of nitrogens with zero attached hydrogens (tertiary/aromatic N) is 4. The number of methoxy groups -OCH3 is 1. The number of hydrogen-bond acceptors (Lipinski definition) is 9. The van der Waals surface area contributed by atoms with Gasteiger partial charge in [0.25, 0.3) is 5.91 Å². The first-order chi connectivity index (χ1) is 24.1. The number of carbonyl (C=O) groups is 2. The number of pyridine rings is 2. The van der Waals surface area contributed by atoms with E-state index >= 15 is 0 Å². The van der Waals surface area contributed by atoms with Crippen LogP contribution in [0.5, 0.6) is 5.75 Å². The van der Waals surface area contributed by atoms with Crippen LogP contribution >= 0.6 is 0 Å². The number of ether oxygens (including phenoxy) is 3. The zero-order valence-electron chi connectivity index (χ0n) is 29.1. The Morgan fingerprint density at radius 3 is 2.30 bits per heavy atom. The van der Waals surface area contributed by atoms with Crippen LogP contribution in [0.2, 0.25) is 0 Å². The molecule has 6 rings (SSSR count). The zero-order valence-corrected chi connectivity index (χ0v) is 29.1. The number of amides is 2. The van der Waals surface area contributed by atoms with Crippen molar-refractivity contribution >= 4 is 22.9 Å². The van der Waals surface area contributed by atoms with E-state index in [-0.39, 0.29) is 17.4 Å². The molecule has 264 valence electrons. The molecule has 0 saturated carbocycles. The van der Waals surface area contributed by atoms with Crippen LogP contribution in [0.1, 0.15) is 56.0 Å². The molecular weight excluding hydrogens is 638 g/mol. The summed E-state index contributed by atoms with van der Waals surface area (Å²) in [5.74, 6) is -0.326. The average Bonchev–Trinajstić information content (AvgIpc) is 3.12. The Bertz CT molecular complexity index is 1790. The van der Waals surface area contributed by atoms with Gasteiger partial charge in [0.15, 0.2) is 24.4 Å². The molecule has 0 aliphatic carbocycles. The van der Waals surface area contributed by atoms with E-state index in [9.17, 15) is 14.8 Å². The molecule has 2 aromatic heterocycles. The van der Waals surface area contributed by atoms with Gasteiger partial charge in [-0.2, -0.15) is 4.73 Å². The van der Waals surface area contributed by atoms with Gasteiger partial charge >= 0.3 is 6.09 Å². The number of piperazine rings is 1. The molecule has 1 N–H and O–H groups in total. The van der Waals surface area contributed by atoms with Crippen molar-refractivity contribution in [2.75, 3.05) is 46.4 Å². The quantitative estimate of drug-likeness (QED) is 0.138. The van der Waals surface area contributed by atoms with Gasteiger partial charge in [0, 0.05) is 57.4 Å². The van der Waals surface area contributed by atoms with Crippen LogP contribution in [-0.4, -0.2) is 85.1 Å². The van der Waals surface area contributed by atoms with Crippen LogP contribution in [-0.2, 0) is 20.7 Å². The maximum atomic E-state index is 13.5. The molecule has 2 aromatic carbocycles. The van der Waals surface area contributed by atoms with E-state index in [1.165, 1.54) is 25.1 Å². The predicted molar refractivity (Wildman–Crippen MR) is 188 cm³/mol. The largest absolute Gasteiger partial charge is 0.619 e. The van der Waals surface area contributed by atoms with Crippen molar-refractivity contribution < 1.29 is 33.4 Å². The highest BCUT2D eigenvalue weighted by atomic mass is 16.8. The Morgan fingerprint density at radius 1 is 0.980 bits per heavy atom. The summed E-state index contributed by atoms with van der Waals surface area (Å²) in [5, 5.41) is 12.6. The third-order valence-corrected chi connectivity index (χ3v) is 8.89. The first-order valence-electron chi connectivity index (χ1n) is 17.2. The topological polar surface area (TPSA) is 129 Å². The Labute approximate surface area is 292 Å². The van der Waals surface area contributed by atoms with Gasteiger partial charge in [-0.3, -0.25) is 9.69 Å². The first kappa shape index (κ1) is 35.1. The van der Waals surface area contributed by atoms with Crippen molar-refractivity contribution in [2.45, 2.75) is 58.3 Å². The van der Waals surface area contributed by atoms with E-state index in [4.69, 9.17) is 24.0 Å². The van der Waals surface area contributed by atoms with Crippen LogP contribution in [0, 0.1) is 5.21 Å². The van der Waals surface area contributed by atoms with E-state index in [2.05, 4.69) is 34.6 Å². The number of aromatic nitrogens is 2. The van der Waals surface area contributed by atoms with Gasteiger partial charge in [-0.1, -0.05) is 48.5 Å². The van der Waals surface area contributed by atoms with Gasteiger partial charge in [-0.05, 0) is 56.7 Å². The Morgan fingerprint density at radius 2 is 1.66 bits per heavy atom. The minimum absolute atomic E-state index is 0.151. The standard InChI is InChI=1S/C38H45N5O7/c1-38(2,3)49-37(45)42-22-20-41(21-23-42)18-16-26-8-10-27(11-9-26)28-12-14-29(15-13-28)34-35(47-4)33(30-25-43(46)19-17-31(30)39-34)36(44)40-50-32-7-5-6-24-48-32/h8-15,17,19,25,32H,5-7,16,18,20-24H2,1-4H3,(H,40,44). The van der Waals surface area contributed by atoms with Crippen LogP contribution in [0.3, 0.4) is 0 Å². The van der Waals surface area contributed by atoms with Crippen LogP contribution < -0.4 is 14.9 Å². The second kappa shape index (κ2) is 15.4. The van der Waals surface area contributed by atoms with E-state index in [0.717, 1.165) is 55.6 Å². The Hall–Kier alpha value is -4.78. The molecule has 12 nitrogen and oxygen atoms in total. The third kappa shape index (κ3) is 8.50. The highest BCUT2D eigenvalue weighted by Crippen LogP contribution is 2.37. The SMILES string of the molecule is COc1c(-c2ccc(-c3ccc(CCN4CCN(C(=O)OC(C)(C)C)CC4)cc3)cc2)nc2cc[n+]([O-])cc2c1C(=O)NOC1CCCCO1. The van der Waals surface area contributed by atoms with Crippen molar-refractivity contribution in [3.8, 4) is 28.1 Å². The summed E-state index contributed by atoms with van der Waals surface area (Å²) in [7, 11) is 1.47. The maximum absolute atomic E-state index is 13.5. The lowest BCUT2D eigenvalue weighted by atomic mass is 9.99. The minimum Gasteiger partial charge on any atom is -0.619 e. The highest BCUT2D eigenvalue weighted by Gasteiger charge is 2.27. The Kier molecular flexibility index (Phi) is 10.8. The monoisotopic (exact) mass is 683 g/mol. The molecule has 1 atom stereocenters. The predicted octanol–water partition coefficient (Wildman–Crippen LogP) is 5.49.